The van der Waals surface area contributed by atoms with E-state index in [1.807, 2.05) is 60.7 Å². The minimum absolute atomic E-state index is 0.0650. The van der Waals surface area contributed by atoms with Crippen molar-refractivity contribution < 1.29 is 9.53 Å². The van der Waals surface area contributed by atoms with E-state index in [0.717, 1.165) is 30.0 Å². The van der Waals surface area contributed by atoms with Crippen molar-refractivity contribution in [1.29, 1.82) is 0 Å². The van der Waals surface area contributed by atoms with E-state index in [2.05, 4.69) is 11.9 Å². The molecule has 0 amide bonds. The number of rotatable bonds is 4. The molecule has 134 valence electrons. The van der Waals surface area contributed by atoms with E-state index in [9.17, 15) is 4.79 Å². The SMILES string of the molecule is CN1C2CCC3CC(OC(=O)C(c4ccccc4)c4ccccc4)CC321. The summed E-state index contributed by atoms with van der Waals surface area (Å²) in [5.41, 5.74) is 2.35. The Kier molecular flexibility index (Phi) is 3.68. The van der Waals surface area contributed by atoms with Gasteiger partial charge in [-0.05, 0) is 43.4 Å². The van der Waals surface area contributed by atoms with E-state index >= 15 is 0 Å². The zero-order valence-corrected chi connectivity index (χ0v) is 15.2. The first-order chi connectivity index (χ1) is 12.7. The molecule has 0 aromatic heterocycles. The van der Waals surface area contributed by atoms with Gasteiger partial charge in [0.05, 0.1) is 0 Å². The minimum Gasteiger partial charge on any atom is -0.462 e. The number of hydrogen-bond acceptors (Lipinski definition) is 3. The summed E-state index contributed by atoms with van der Waals surface area (Å²) in [6, 6.07) is 20.7. The van der Waals surface area contributed by atoms with Gasteiger partial charge in [-0.2, -0.15) is 0 Å². The van der Waals surface area contributed by atoms with Crippen LogP contribution >= 0.6 is 0 Å². The monoisotopic (exact) mass is 347 g/mol. The van der Waals surface area contributed by atoms with Crippen molar-refractivity contribution in [2.24, 2.45) is 5.92 Å². The van der Waals surface area contributed by atoms with E-state index in [-0.39, 0.29) is 18.0 Å². The number of likely N-dealkylation sites (tertiary alicyclic amines) is 1. The standard InChI is InChI=1S/C23H25NO2/c1-24-20-13-12-18-14-19(15-23(18,20)24)26-22(25)21(16-8-4-2-5-9-16)17-10-6-3-7-11-17/h2-11,18-21H,12-15H2,1H3. The van der Waals surface area contributed by atoms with Gasteiger partial charge in [0, 0.05) is 18.0 Å². The molecule has 5 unspecified atom stereocenters. The summed E-state index contributed by atoms with van der Waals surface area (Å²) < 4.78 is 6.09. The largest absolute Gasteiger partial charge is 0.462 e. The fraction of sp³-hybridized carbons (Fsp3) is 0.435. The smallest absolute Gasteiger partial charge is 0.318 e. The van der Waals surface area contributed by atoms with E-state index in [1.165, 1.54) is 12.8 Å². The summed E-state index contributed by atoms with van der Waals surface area (Å²) in [4.78, 5) is 15.7. The summed E-state index contributed by atoms with van der Waals surface area (Å²) in [7, 11) is 2.23. The predicted molar refractivity (Wildman–Crippen MR) is 101 cm³/mol. The van der Waals surface area contributed by atoms with E-state index in [0.29, 0.717) is 11.5 Å². The molecule has 3 aliphatic rings. The van der Waals surface area contributed by atoms with E-state index in [4.69, 9.17) is 4.74 Å². The topological polar surface area (TPSA) is 29.3 Å². The molecule has 1 saturated heterocycles. The van der Waals surface area contributed by atoms with Crippen LogP contribution < -0.4 is 0 Å². The summed E-state index contributed by atoms with van der Waals surface area (Å²) in [5.74, 6) is 0.258. The molecule has 5 rings (SSSR count). The number of carbonyl (C=O) groups excluding carboxylic acids is 1. The van der Waals surface area contributed by atoms with Crippen LogP contribution in [0.1, 0.15) is 42.7 Å². The number of esters is 1. The molecule has 2 saturated carbocycles. The molecule has 3 heteroatoms. The van der Waals surface area contributed by atoms with Gasteiger partial charge in [0.15, 0.2) is 0 Å². The molecule has 0 bridgehead atoms. The van der Waals surface area contributed by atoms with Crippen molar-refractivity contribution in [3.63, 3.8) is 0 Å². The van der Waals surface area contributed by atoms with Gasteiger partial charge in [-0.3, -0.25) is 9.69 Å². The van der Waals surface area contributed by atoms with Crippen molar-refractivity contribution in [3.8, 4) is 0 Å². The second-order valence-electron chi connectivity index (χ2n) is 8.15. The number of ether oxygens (including phenoxy) is 1. The van der Waals surface area contributed by atoms with Gasteiger partial charge in [0.25, 0.3) is 0 Å². The highest BCUT2D eigenvalue weighted by Gasteiger charge is 2.71. The van der Waals surface area contributed by atoms with Crippen molar-refractivity contribution in [1.82, 2.24) is 4.90 Å². The van der Waals surface area contributed by atoms with Crippen molar-refractivity contribution in [2.45, 2.75) is 49.3 Å². The lowest BCUT2D eigenvalue weighted by atomic mass is 9.91. The summed E-state index contributed by atoms with van der Waals surface area (Å²) in [6.07, 6.45) is 4.72. The average Bonchev–Trinajstić information content (AvgIpc) is 2.96. The maximum absolute atomic E-state index is 13.2. The van der Waals surface area contributed by atoms with Crippen molar-refractivity contribution in [2.75, 3.05) is 7.05 Å². The molecule has 2 aromatic rings. The van der Waals surface area contributed by atoms with Crippen LogP contribution in [0, 0.1) is 5.92 Å². The zero-order valence-electron chi connectivity index (χ0n) is 15.2. The third-order valence-electron chi connectivity index (χ3n) is 7.02. The summed E-state index contributed by atoms with van der Waals surface area (Å²) in [6.45, 7) is 0. The third kappa shape index (κ3) is 2.34. The fourth-order valence-corrected chi connectivity index (χ4v) is 5.79. The average molecular weight is 347 g/mol. The van der Waals surface area contributed by atoms with Gasteiger partial charge < -0.3 is 4.74 Å². The van der Waals surface area contributed by atoms with Crippen LogP contribution in [0.15, 0.2) is 60.7 Å². The molecule has 1 spiro atoms. The van der Waals surface area contributed by atoms with Gasteiger partial charge in [-0.1, -0.05) is 60.7 Å². The highest BCUT2D eigenvalue weighted by molar-refractivity contribution is 5.82. The molecular formula is C23H25NO2. The molecule has 1 heterocycles. The Hall–Kier alpha value is -2.13. The fourth-order valence-electron chi connectivity index (χ4n) is 5.79. The van der Waals surface area contributed by atoms with Crippen LogP contribution in [0.25, 0.3) is 0 Å². The maximum Gasteiger partial charge on any atom is 0.318 e. The van der Waals surface area contributed by atoms with Crippen LogP contribution in [-0.4, -0.2) is 35.6 Å². The van der Waals surface area contributed by atoms with Crippen LogP contribution in [-0.2, 0) is 9.53 Å². The van der Waals surface area contributed by atoms with Crippen LogP contribution in [0.3, 0.4) is 0 Å². The molecule has 26 heavy (non-hydrogen) atoms. The zero-order chi connectivity index (χ0) is 17.7. The predicted octanol–water partition coefficient (Wildman–Crippen LogP) is 3.99. The van der Waals surface area contributed by atoms with Gasteiger partial charge in [0.2, 0.25) is 0 Å². The van der Waals surface area contributed by atoms with E-state index < -0.39 is 0 Å². The number of nitrogens with zero attached hydrogens (tertiary/aromatic N) is 1. The Labute approximate surface area is 155 Å². The lowest BCUT2D eigenvalue weighted by Crippen LogP contribution is -2.24. The first-order valence-electron chi connectivity index (χ1n) is 9.73. The normalized spacial score (nSPS) is 34.4. The minimum atomic E-state index is -0.344. The number of benzene rings is 2. The highest BCUT2D eigenvalue weighted by atomic mass is 16.5. The van der Waals surface area contributed by atoms with Gasteiger partial charge in [-0.25, -0.2) is 0 Å². The lowest BCUT2D eigenvalue weighted by molar-refractivity contribution is -0.149. The first kappa shape index (κ1) is 16.1. The van der Waals surface area contributed by atoms with Crippen LogP contribution in [0.4, 0.5) is 0 Å². The van der Waals surface area contributed by atoms with Gasteiger partial charge >= 0.3 is 5.97 Å². The molecule has 3 fully saturated rings. The molecule has 3 nitrogen and oxygen atoms in total. The Morgan fingerprint density at radius 2 is 1.65 bits per heavy atom. The van der Waals surface area contributed by atoms with Gasteiger partial charge in [-0.15, -0.1) is 0 Å². The number of hydrogen-bond donors (Lipinski definition) is 0. The second kappa shape index (κ2) is 5.95. The summed E-state index contributed by atoms with van der Waals surface area (Å²) in [5, 5.41) is 0. The van der Waals surface area contributed by atoms with Crippen LogP contribution in [0.5, 0.6) is 0 Å². The molecule has 2 aromatic carbocycles. The number of carbonyl (C=O) groups is 1. The molecule has 1 aliphatic heterocycles. The molecule has 0 N–H and O–H groups in total. The first-order valence-corrected chi connectivity index (χ1v) is 9.73. The van der Waals surface area contributed by atoms with Gasteiger partial charge in [0.1, 0.15) is 12.0 Å². The summed E-state index contributed by atoms with van der Waals surface area (Å²) >= 11 is 0. The molecule has 0 radical (unpaired) electrons. The number of piperidine rings is 1. The Balaban J connectivity index is 1.37. The quantitative estimate of drug-likeness (QED) is 0.619. The molecule has 2 aliphatic carbocycles. The lowest BCUT2D eigenvalue weighted by Gasteiger charge is -2.20. The van der Waals surface area contributed by atoms with Crippen molar-refractivity contribution >= 4 is 5.97 Å². The Bertz CT molecular complexity index is 766. The maximum atomic E-state index is 13.2. The molecule has 5 atom stereocenters. The number of likely N-dealkylation sites (N-methyl/N-ethyl adjacent to an activating group) is 1. The molecular weight excluding hydrogens is 322 g/mol. The van der Waals surface area contributed by atoms with Crippen molar-refractivity contribution in [3.05, 3.63) is 71.8 Å². The van der Waals surface area contributed by atoms with E-state index in [1.54, 1.807) is 0 Å². The second-order valence-corrected chi connectivity index (χ2v) is 8.15. The highest BCUT2D eigenvalue weighted by Crippen LogP contribution is 2.63. The third-order valence-corrected chi connectivity index (χ3v) is 7.02. The van der Waals surface area contributed by atoms with Crippen LogP contribution in [0.2, 0.25) is 0 Å². The Morgan fingerprint density at radius 3 is 2.19 bits per heavy atom. The Morgan fingerprint density at radius 1 is 1.04 bits per heavy atom.